The summed E-state index contributed by atoms with van der Waals surface area (Å²) >= 11 is 5.82. The number of hydrogen-bond acceptors (Lipinski definition) is 5. The number of carbonyl (C=O) groups excluding carboxylic acids is 2. The molecule has 1 saturated heterocycles. The Kier molecular flexibility index (Phi) is 7.71. The number of ether oxygens (including phenoxy) is 1. The van der Waals surface area contributed by atoms with Crippen LogP contribution in [0.15, 0.2) is 53.4 Å². The van der Waals surface area contributed by atoms with Crippen LogP contribution in [0.4, 0.5) is 0 Å². The third-order valence-corrected chi connectivity index (χ3v) is 7.47. The van der Waals surface area contributed by atoms with Gasteiger partial charge in [-0.25, -0.2) is 13.2 Å². The normalized spacial score (nSPS) is 15.2. The number of nitrogens with zero attached hydrogens (tertiary/aromatic N) is 2. The van der Waals surface area contributed by atoms with E-state index < -0.39 is 22.6 Å². The molecule has 1 heterocycles. The Hall–Kier alpha value is -2.68. The van der Waals surface area contributed by atoms with Gasteiger partial charge in [0.05, 0.1) is 4.90 Å². The third kappa shape index (κ3) is 5.97. The number of rotatable bonds is 6. The highest BCUT2D eigenvalue weighted by Gasteiger charge is 2.31. The minimum absolute atomic E-state index is 0.186. The fraction of sp³-hybridized carbons (Fsp3) is 0.304. The third-order valence-electron chi connectivity index (χ3n) is 5.16. The lowest BCUT2D eigenvalue weighted by atomic mass is 10.2. The molecule has 0 aromatic heterocycles. The van der Waals surface area contributed by atoms with Gasteiger partial charge in [0.2, 0.25) is 10.0 Å². The number of amides is 1. The lowest BCUT2D eigenvalue weighted by Crippen LogP contribution is -2.51. The van der Waals surface area contributed by atoms with E-state index in [9.17, 15) is 18.0 Å². The highest BCUT2D eigenvalue weighted by Crippen LogP contribution is 2.22. The van der Waals surface area contributed by atoms with E-state index in [1.54, 1.807) is 49.4 Å². The Balaban J connectivity index is 1.49. The second-order valence-electron chi connectivity index (χ2n) is 7.55. The van der Waals surface area contributed by atoms with Crippen molar-refractivity contribution in [2.45, 2.75) is 18.7 Å². The first-order chi connectivity index (χ1) is 15.2. The average Bonchev–Trinajstić information content (AvgIpc) is 2.77. The summed E-state index contributed by atoms with van der Waals surface area (Å²) in [7, 11) is -3.63. The SMILES string of the molecule is Cc1ccc(S(=O)(=O)N2CCN(C(=O)COC(=O)C=Cc3ccc(Cl)cc3)CC2)c(C)c1. The van der Waals surface area contributed by atoms with E-state index in [1.165, 1.54) is 15.3 Å². The maximum absolute atomic E-state index is 13.0. The Morgan fingerprint density at radius 2 is 1.69 bits per heavy atom. The topological polar surface area (TPSA) is 84.0 Å². The number of esters is 1. The van der Waals surface area contributed by atoms with Crippen LogP contribution in [0.2, 0.25) is 5.02 Å². The van der Waals surface area contributed by atoms with Crippen LogP contribution in [-0.2, 0) is 24.3 Å². The zero-order chi connectivity index (χ0) is 23.3. The van der Waals surface area contributed by atoms with Gasteiger partial charge >= 0.3 is 5.97 Å². The molecule has 0 aliphatic carbocycles. The highest BCUT2D eigenvalue weighted by atomic mass is 35.5. The van der Waals surface area contributed by atoms with Gasteiger partial charge in [0.15, 0.2) is 6.61 Å². The van der Waals surface area contributed by atoms with Crippen LogP contribution >= 0.6 is 11.6 Å². The molecule has 2 aromatic carbocycles. The molecule has 9 heteroatoms. The van der Waals surface area contributed by atoms with E-state index in [1.807, 2.05) is 13.0 Å². The zero-order valence-electron chi connectivity index (χ0n) is 18.0. The largest absolute Gasteiger partial charge is 0.452 e. The summed E-state index contributed by atoms with van der Waals surface area (Å²) in [5.41, 5.74) is 2.47. The Bertz CT molecular complexity index is 1120. The number of benzene rings is 2. The molecule has 0 unspecified atom stereocenters. The Morgan fingerprint density at radius 3 is 2.31 bits per heavy atom. The first kappa shape index (κ1) is 24.0. The van der Waals surface area contributed by atoms with Crippen molar-refractivity contribution in [2.24, 2.45) is 0 Å². The van der Waals surface area contributed by atoms with Crippen molar-refractivity contribution in [1.29, 1.82) is 0 Å². The van der Waals surface area contributed by atoms with E-state index in [0.717, 1.165) is 11.1 Å². The Labute approximate surface area is 193 Å². The monoisotopic (exact) mass is 476 g/mol. The number of hydrogen-bond donors (Lipinski definition) is 0. The number of halogens is 1. The van der Waals surface area contributed by atoms with Gasteiger partial charge in [-0.05, 0) is 49.2 Å². The van der Waals surface area contributed by atoms with Crippen molar-refractivity contribution in [1.82, 2.24) is 9.21 Å². The van der Waals surface area contributed by atoms with Crippen molar-refractivity contribution < 1.29 is 22.7 Å². The van der Waals surface area contributed by atoms with Gasteiger partial charge in [-0.1, -0.05) is 41.4 Å². The molecule has 170 valence electrons. The van der Waals surface area contributed by atoms with Crippen LogP contribution < -0.4 is 0 Å². The summed E-state index contributed by atoms with van der Waals surface area (Å²) in [6, 6.07) is 12.1. The lowest BCUT2D eigenvalue weighted by molar-refractivity contribution is -0.148. The number of aryl methyl sites for hydroxylation is 2. The molecule has 0 N–H and O–H groups in total. The van der Waals surface area contributed by atoms with E-state index in [4.69, 9.17) is 16.3 Å². The standard InChI is InChI=1S/C23H25ClN2O5S/c1-17-3-9-21(18(2)15-17)32(29,30)26-13-11-25(12-14-26)22(27)16-31-23(28)10-6-19-4-7-20(24)8-5-19/h3-10,15H,11-14,16H2,1-2H3. The summed E-state index contributed by atoms with van der Waals surface area (Å²) in [5.74, 6) is -0.994. The average molecular weight is 477 g/mol. The van der Waals surface area contributed by atoms with Gasteiger partial charge in [-0.3, -0.25) is 4.79 Å². The van der Waals surface area contributed by atoms with Crippen LogP contribution in [0.3, 0.4) is 0 Å². The zero-order valence-corrected chi connectivity index (χ0v) is 19.5. The van der Waals surface area contributed by atoms with Crippen LogP contribution in [0.1, 0.15) is 16.7 Å². The smallest absolute Gasteiger partial charge is 0.331 e. The molecule has 0 saturated carbocycles. The molecule has 32 heavy (non-hydrogen) atoms. The summed E-state index contributed by atoms with van der Waals surface area (Å²) in [4.78, 5) is 26.0. The van der Waals surface area contributed by atoms with Gasteiger partial charge in [0.25, 0.3) is 5.91 Å². The van der Waals surface area contributed by atoms with E-state index in [2.05, 4.69) is 0 Å². The van der Waals surface area contributed by atoms with Crippen LogP contribution in [0.5, 0.6) is 0 Å². The predicted octanol–water partition coefficient (Wildman–Crippen LogP) is 3.05. The summed E-state index contributed by atoms with van der Waals surface area (Å²) in [6.45, 7) is 4.14. The molecule has 1 aliphatic heterocycles. The molecule has 0 bridgehead atoms. The molecule has 2 aromatic rings. The minimum Gasteiger partial charge on any atom is -0.452 e. The molecule has 1 fully saturated rings. The van der Waals surface area contributed by atoms with Crippen molar-refractivity contribution in [2.75, 3.05) is 32.8 Å². The maximum Gasteiger partial charge on any atom is 0.331 e. The van der Waals surface area contributed by atoms with Crippen molar-refractivity contribution in [3.63, 3.8) is 0 Å². The van der Waals surface area contributed by atoms with E-state index >= 15 is 0 Å². The van der Waals surface area contributed by atoms with Gasteiger partial charge in [-0.15, -0.1) is 0 Å². The Morgan fingerprint density at radius 1 is 1.03 bits per heavy atom. The number of piperazine rings is 1. The second kappa shape index (κ2) is 10.3. The lowest BCUT2D eigenvalue weighted by Gasteiger charge is -2.34. The molecule has 7 nitrogen and oxygen atoms in total. The van der Waals surface area contributed by atoms with Crippen molar-refractivity contribution >= 4 is 39.6 Å². The highest BCUT2D eigenvalue weighted by molar-refractivity contribution is 7.89. The predicted molar refractivity (Wildman–Crippen MR) is 123 cm³/mol. The molecular weight excluding hydrogens is 452 g/mol. The molecule has 3 rings (SSSR count). The molecule has 0 spiro atoms. The molecule has 0 radical (unpaired) electrons. The van der Waals surface area contributed by atoms with E-state index in [0.29, 0.717) is 10.6 Å². The van der Waals surface area contributed by atoms with Crippen LogP contribution in [0.25, 0.3) is 6.08 Å². The quantitative estimate of drug-likeness (QED) is 0.472. The molecule has 1 aliphatic rings. The van der Waals surface area contributed by atoms with Gasteiger partial charge < -0.3 is 9.64 Å². The van der Waals surface area contributed by atoms with E-state index in [-0.39, 0.29) is 37.0 Å². The second-order valence-corrected chi connectivity index (χ2v) is 9.89. The maximum atomic E-state index is 13.0. The van der Waals surface area contributed by atoms with Gasteiger partial charge in [0.1, 0.15) is 0 Å². The number of carbonyl (C=O) groups is 2. The first-order valence-corrected chi connectivity index (χ1v) is 11.9. The van der Waals surface area contributed by atoms with Crippen LogP contribution in [-0.4, -0.2) is 62.3 Å². The number of sulfonamides is 1. The summed E-state index contributed by atoms with van der Waals surface area (Å²) in [6.07, 6.45) is 2.81. The van der Waals surface area contributed by atoms with Crippen molar-refractivity contribution in [3.8, 4) is 0 Å². The fourth-order valence-electron chi connectivity index (χ4n) is 3.42. The summed E-state index contributed by atoms with van der Waals surface area (Å²) < 4.78 is 32.3. The molecular formula is C23H25ClN2O5S. The van der Waals surface area contributed by atoms with Crippen LogP contribution in [0, 0.1) is 13.8 Å². The molecule has 1 amide bonds. The fourth-order valence-corrected chi connectivity index (χ4v) is 5.17. The van der Waals surface area contributed by atoms with Crippen molar-refractivity contribution in [3.05, 3.63) is 70.3 Å². The van der Waals surface area contributed by atoms with Gasteiger partial charge in [0, 0.05) is 37.3 Å². The first-order valence-electron chi connectivity index (χ1n) is 10.1. The molecule has 0 atom stereocenters. The summed E-state index contributed by atoms with van der Waals surface area (Å²) in [5, 5.41) is 0.595. The minimum atomic E-state index is -3.63. The van der Waals surface area contributed by atoms with Gasteiger partial charge in [-0.2, -0.15) is 4.31 Å².